The van der Waals surface area contributed by atoms with Gasteiger partial charge in [-0.15, -0.1) is 0 Å². The summed E-state index contributed by atoms with van der Waals surface area (Å²) in [5.74, 6) is 0.442. The molecule has 0 bridgehead atoms. The lowest BCUT2D eigenvalue weighted by atomic mass is 10.1. The van der Waals surface area contributed by atoms with E-state index in [0.29, 0.717) is 12.5 Å². The maximum atomic E-state index is 5.50. The predicted molar refractivity (Wildman–Crippen MR) is 63.3 cm³/mol. The maximum absolute atomic E-state index is 5.50. The van der Waals surface area contributed by atoms with Gasteiger partial charge in [0.05, 0.1) is 23.3 Å². The lowest BCUT2D eigenvalue weighted by Gasteiger charge is -2.02. The van der Waals surface area contributed by atoms with Crippen molar-refractivity contribution >= 4 is 0 Å². The molecule has 2 heterocycles. The SMILES string of the molecule is CC(C)c1ccn(-c2ccc(CN)nc2)n1. The highest BCUT2D eigenvalue weighted by Gasteiger charge is 2.04. The molecule has 2 rings (SSSR count). The Bertz CT molecular complexity index is 456. The second kappa shape index (κ2) is 4.45. The van der Waals surface area contributed by atoms with Crippen LogP contribution in [-0.4, -0.2) is 14.8 Å². The van der Waals surface area contributed by atoms with Crippen molar-refractivity contribution in [1.82, 2.24) is 14.8 Å². The van der Waals surface area contributed by atoms with Crippen LogP contribution < -0.4 is 5.73 Å². The second-order valence-corrected chi connectivity index (χ2v) is 4.05. The first-order valence-electron chi connectivity index (χ1n) is 5.41. The molecular formula is C12H16N4. The van der Waals surface area contributed by atoms with Gasteiger partial charge in [0.25, 0.3) is 0 Å². The Morgan fingerprint density at radius 3 is 2.62 bits per heavy atom. The molecule has 0 aromatic carbocycles. The van der Waals surface area contributed by atoms with Crippen molar-refractivity contribution in [3.63, 3.8) is 0 Å². The monoisotopic (exact) mass is 216 g/mol. The van der Waals surface area contributed by atoms with Crippen LogP contribution in [0.2, 0.25) is 0 Å². The first-order valence-corrected chi connectivity index (χ1v) is 5.41. The molecule has 0 radical (unpaired) electrons. The van der Waals surface area contributed by atoms with Crippen molar-refractivity contribution in [2.24, 2.45) is 5.73 Å². The molecule has 4 nitrogen and oxygen atoms in total. The molecule has 0 aliphatic carbocycles. The first kappa shape index (κ1) is 10.8. The third-order valence-corrected chi connectivity index (χ3v) is 2.48. The van der Waals surface area contributed by atoms with E-state index < -0.39 is 0 Å². The van der Waals surface area contributed by atoms with Crippen molar-refractivity contribution in [1.29, 1.82) is 0 Å². The molecule has 2 aromatic heterocycles. The van der Waals surface area contributed by atoms with Gasteiger partial charge in [-0.3, -0.25) is 4.98 Å². The molecule has 2 N–H and O–H groups in total. The summed E-state index contributed by atoms with van der Waals surface area (Å²) >= 11 is 0. The lowest BCUT2D eigenvalue weighted by molar-refractivity contribution is 0.765. The van der Waals surface area contributed by atoms with E-state index in [1.165, 1.54) is 0 Å². The summed E-state index contributed by atoms with van der Waals surface area (Å²) in [5, 5.41) is 4.48. The fraction of sp³-hybridized carbons (Fsp3) is 0.333. The summed E-state index contributed by atoms with van der Waals surface area (Å²) in [5.41, 5.74) is 8.43. The summed E-state index contributed by atoms with van der Waals surface area (Å²) in [7, 11) is 0. The number of nitrogens with zero attached hydrogens (tertiary/aromatic N) is 3. The summed E-state index contributed by atoms with van der Waals surface area (Å²) in [6, 6.07) is 5.93. The highest BCUT2D eigenvalue weighted by atomic mass is 15.3. The molecule has 0 fully saturated rings. The smallest absolute Gasteiger partial charge is 0.0829 e. The Balaban J connectivity index is 2.28. The van der Waals surface area contributed by atoms with Gasteiger partial charge in [-0.25, -0.2) is 4.68 Å². The highest BCUT2D eigenvalue weighted by molar-refractivity contribution is 5.29. The van der Waals surface area contributed by atoms with E-state index in [2.05, 4.69) is 23.9 Å². The molecule has 16 heavy (non-hydrogen) atoms. The Morgan fingerprint density at radius 1 is 1.31 bits per heavy atom. The Morgan fingerprint density at radius 2 is 2.12 bits per heavy atom. The number of rotatable bonds is 3. The minimum Gasteiger partial charge on any atom is -0.325 e. The zero-order chi connectivity index (χ0) is 11.5. The number of aromatic nitrogens is 3. The zero-order valence-electron chi connectivity index (χ0n) is 9.59. The van der Waals surface area contributed by atoms with E-state index in [4.69, 9.17) is 5.73 Å². The average Bonchev–Trinajstić information content (AvgIpc) is 2.78. The molecule has 0 spiro atoms. The van der Waals surface area contributed by atoms with Crippen LogP contribution in [0.3, 0.4) is 0 Å². The van der Waals surface area contributed by atoms with Gasteiger partial charge in [0.1, 0.15) is 0 Å². The normalized spacial score (nSPS) is 11.0. The third-order valence-electron chi connectivity index (χ3n) is 2.48. The largest absolute Gasteiger partial charge is 0.325 e. The van der Waals surface area contributed by atoms with Crippen LogP contribution in [-0.2, 0) is 6.54 Å². The molecule has 84 valence electrons. The standard InChI is InChI=1S/C12H16N4/c1-9(2)12-5-6-16(15-12)11-4-3-10(7-13)14-8-11/h3-6,8-9H,7,13H2,1-2H3. The van der Waals surface area contributed by atoms with E-state index in [-0.39, 0.29) is 0 Å². The van der Waals surface area contributed by atoms with Crippen molar-refractivity contribution in [2.45, 2.75) is 26.3 Å². The van der Waals surface area contributed by atoms with E-state index in [1.807, 2.05) is 29.1 Å². The third kappa shape index (κ3) is 2.12. The zero-order valence-corrected chi connectivity index (χ0v) is 9.59. The molecule has 0 saturated heterocycles. The molecule has 0 saturated carbocycles. The van der Waals surface area contributed by atoms with Crippen LogP contribution in [0.1, 0.15) is 31.2 Å². The maximum Gasteiger partial charge on any atom is 0.0829 e. The summed E-state index contributed by atoms with van der Waals surface area (Å²) in [6.45, 7) is 4.72. The molecule has 0 atom stereocenters. The van der Waals surface area contributed by atoms with Crippen molar-refractivity contribution in [3.05, 3.63) is 42.0 Å². The summed E-state index contributed by atoms with van der Waals surface area (Å²) < 4.78 is 1.84. The summed E-state index contributed by atoms with van der Waals surface area (Å²) in [4.78, 5) is 4.24. The molecule has 0 aliphatic rings. The number of nitrogens with two attached hydrogens (primary N) is 1. The van der Waals surface area contributed by atoms with E-state index in [0.717, 1.165) is 17.1 Å². The van der Waals surface area contributed by atoms with Crippen LogP contribution >= 0.6 is 0 Å². The Labute approximate surface area is 95.1 Å². The van der Waals surface area contributed by atoms with Crippen molar-refractivity contribution in [3.8, 4) is 5.69 Å². The van der Waals surface area contributed by atoms with Gasteiger partial charge in [0.2, 0.25) is 0 Å². The summed E-state index contributed by atoms with van der Waals surface area (Å²) in [6.07, 6.45) is 3.74. The van der Waals surface area contributed by atoms with Gasteiger partial charge in [0, 0.05) is 12.7 Å². The number of pyridine rings is 1. The van der Waals surface area contributed by atoms with Gasteiger partial charge >= 0.3 is 0 Å². The number of hydrogen-bond acceptors (Lipinski definition) is 3. The minimum absolute atomic E-state index is 0.442. The van der Waals surface area contributed by atoms with E-state index in [9.17, 15) is 0 Å². The molecule has 0 unspecified atom stereocenters. The van der Waals surface area contributed by atoms with Crippen molar-refractivity contribution < 1.29 is 0 Å². The van der Waals surface area contributed by atoms with Crippen LogP contribution in [0.15, 0.2) is 30.6 Å². The van der Waals surface area contributed by atoms with E-state index >= 15 is 0 Å². The number of hydrogen-bond donors (Lipinski definition) is 1. The average molecular weight is 216 g/mol. The fourth-order valence-corrected chi connectivity index (χ4v) is 1.46. The van der Waals surface area contributed by atoms with Crippen molar-refractivity contribution in [2.75, 3.05) is 0 Å². The molecule has 0 aliphatic heterocycles. The van der Waals surface area contributed by atoms with Crippen LogP contribution in [0.25, 0.3) is 5.69 Å². The van der Waals surface area contributed by atoms with Gasteiger partial charge < -0.3 is 5.73 Å². The quantitative estimate of drug-likeness (QED) is 0.851. The lowest BCUT2D eigenvalue weighted by Crippen LogP contribution is -2.02. The van der Waals surface area contributed by atoms with Crippen LogP contribution in [0.5, 0.6) is 0 Å². The van der Waals surface area contributed by atoms with Gasteiger partial charge in [0.15, 0.2) is 0 Å². The fourth-order valence-electron chi connectivity index (χ4n) is 1.46. The minimum atomic E-state index is 0.442. The topological polar surface area (TPSA) is 56.7 Å². The first-order chi connectivity index (χ1) is 7.70. The molecular weight excluding hydrogens is 200 g/mol. The van der Waals surface area contributed by atoms with Gasteiger partial charge in [-0.1, -0.05) is 13.8 Å². The molecule has 0 amide bonds. The molecule has 4 heteroatoms. The Kier molecular flexibility index (Phi) is 3.01. The van der Waals surface area contributed by atoms with Crippen LogP contribution in [0, 0.1) is 0 Å². The van der Waals surface area contributed by atoms with Gasteiger partial charge in [-0.2, -0.15) is 5.10 Å². The second-order valence-electron chi connectivity index (χ2n) is 4.05. The Hall–Kier alpha value is -1.68. The predicted octanol–water partition coefficient (Wildman–Crippen LogP) is 1.85. The van der Waals surface area contributed by atoms with Gasteiger partial charge in [-0.05, 0) is 24.1 Å². The van der Waals surface area contributed by atoms with Crippen LogP contribution in [0.4, 0.5) is 0 Å². The van der Waals surface area contributed by atoms with E-state index in [1.54, 1.807) is 6.20 Å². The molecule has 2 aromatic rings. The highest BCUT2D eigenvalue weighted by Crippen LogP contribution is 2.13.